The largest absolute Gasteiger partial charge is 0.478 e. The van der Waals surface area contributed by atoms with Crippen molar-refractivity contribution in [1.29, 1.82) is 0 Å². The van der Waals surface area contributed by atoms with Crippen molar-refractivity contribution in [2.45, 2.75) is 6.54 Å². The van der Waals surface area contributed by atoms with Crippen LogP contribution in [0.25, 0.3) is 0 Å². The Bertz CT molecular complexity index is 488. The average Bonchev–Trinajstić information content (AvgIpc) is 2.36. The van der Waals surface area contributed by atoms with Crippen LogP contribution >= 0.6 is 0 Å². The number of aromatic carboxylic acids is 1. The first-order valence-electron chi connectivity index (χ1n) is 5.74. The van der Waals surface area contributed by atoms with Gasteiger partial charge in [-0.05, 0) is 24.7 Å². The normalized spacial score (nSPS) is 9.95. The summed E-state index contributed by atoms with van der Waals surface area (Å²) in [6, 6.07) is 6.56. The minimum Gasteiger partial charge on any atom is -0.478 e. The monoisotopic (exact) mass is 260 g/mol. The Kier molecular flexibility index (Phi) is 5.58. The van der Waals surface area contributed by atoms with E-state index in [0.29, 0.717) is 6.54 Å². The van der Waals surface area contributed by atoms with Crippen LogP contribution in [0.1, 0.15) is 15.9 Å². The second-order valence-electron chi connectivity index (χ2n) is 4.16. The molecule has 1 rings (SSSR count). The van der Waals surface area contributed by atoms with Gasteiger partial charge in [0.1, 0.15) is 0 Å². The van der Waals surface area contributed by atoms with Crippen molar-refractivity contribution in [2.75, 3.05) is 20.1 Å². The van der Waals surface area contributed by atoms with Crippen molar-refractivity contribution in [1.82, 2.24) is 10.2 Å². The van der Waals surface area contributed by atoms with E-state index in [1.807, 2.05) is 4.90 Å². The molecule has 0 saturated heterocycles. The SMILES string of the molecule is C#CCNC(=O)CN(C)Cc1ccc(C(=O)O)cc1. The van der Waals surface area contributed by atoms with Gasteiger partial charge in [-0.25, -0.2) is 4.79 Å². The minimum atomic E-state index is -0.950. The van der Waals surface area contributed by atoms with E-state index in [4.69, 9.17) is 11.5 Å². The van der Waals surface area contributed by atoms with Gasteiger partial charge in [-0.3, -0.25) is 9.69 Å². The van der Waals surface area contributed by atoms with Gasteiger partial charge in [0.05, 0.1) is 18.7 Å². The highest BCUT2D eigenvalue weighted by atomic mass is 16.4. The molecule has 1 amide bonds. The summed E-state index contributed by atoms with van der Waals surface area (Å²) in [6.07, 6.45) is 5.04. The van der Waals surface area contributed by atoms with Gasteiger partial charge in [-0.15, -0.1) is 6.42 Å². The van der Waals surface area contributed by atoms with Gasteiger partial charge in [-0.2, -0.15) is 0 Å². The number of carbonyl (C=O) groups is 2. The molecule has 0 aliphatic heterocycles. The molecule has 2 N–H and O–H groups in total. The van der Waals surface area contributed by atoms with Crippen LogP contribution in [0.4, 0.5) is 0 Å². The van der Waals surface area contributed by atoms with E-state index in [9.17, 15) is 9.59 Å². The van der Waals surface area contributed by atoms with Crippen molar-refractivity contribution in [3.05, 3.63) is 35.4 Å². The van der Waals surface area contributed by atoms with E-state index in [1.54, 1.807) is 31.3 Å². The Labute approximate surface area is 112 Å². The number of carboxylic acid groups (broad SMARTS) is 1. The lowest BCUT2D eigenvalue weighted by Crippen LogP contribution is -2.34. The molecule has 5 nitrogen and oxygen atoms in total. The molecule has 0 aliphatic carbocycles. The van der Waals surface area contributed by atoms with Crippen molar-refractivity contribution >= 4 is 11.9 Å². The molecule has 100 valence electrons. The number of benzene rings is 1. The van der Waals surface area contributed by atoms with Crippen molar-refractivity contribution in [2.24, 2.45) is 0 Å². The maximum Gasteiger partial charge on any atom is 0.335 e. The van der Waals surface area contributed by atoms with Crippen LogP contribution in [0.3, 0.4) is 0 Å². The Hall–Kier alpha value is -2.32. The molecular formula is C14H16N2O3. The number of likely N-dealkylation sites (N-methyl/N-ethyl adjacent to an activating group) is 1. The number of carbonyl (C=O) groups excluding carboxylic acids is 1. The summed E-state index contributed by atoms with van der Waals surface area (Å²) >= 11 is 0. The minimum absolute atomic E-state index is 0.136. The smallest absolute Gasteiger partial charge is 0.335 e. The Balaban J connectivity index is 2.48. The Morgan fingerprint density at radius 2 is 2.00 bits per heavy atom. The van der Waals surface area contributed by atoms with E-state index in [0.717, 1.165) is 5.56 Å². The molecule has 19 heavy (non-hydrogen) atoms. The summed E-state index contributed by atoms with van der Waals surface area (Å²) in [5.41, 5.74) is 1.19. The molecule has 0 spiro atoms. The summed E-state index contributed by atoms with van der Waals surface area (Å²) in [7, 11) is 1.81. The summed E-state index contributed by atoms with van der Waals surface area (Å²) in [5.74, 6) is 1.25. The van der Waals surface area contributed by atoms with Crippen LogP contribution < -0.4 is 5.32 Å². The summed E-state index contributed by atoms with van der Waals surface area (Å²) in [4.78, 5) is 23.9. The molecule has 0 bridgehead atoms. The van der Waals surface area contributed by atoms with Gasteiger partial charge >= 0.3 is 5.97 Å². The van der Waals surface area contributed by atoms with Crippen LogP contribution in [0, 0.1) is 12.3 Å². The number of hydrogen-bond donors (Lipinski definition) is 2. The zero-order valence-electron chi connectivity index (χ0n) is 10.7. The number of hydrogen-bond acceptors (Lipinski definition) is 3. The summed E-state index contributed by atoms with van der Waals surface area (Å²) in [6.45, 7) is 1.02. The first kappa shape index (κ1) is 14.7. The number of terminal acetylenes is 1. The van der Waals surface area contributed by atoms with Crippen molar-refractivity contribution in [3.63, 3.8) is 0 Å². The van der Waals surface area contributed by atoms with E-state index < -0.39 is 5.97 Å². The van der Waals surface area contributed by atoms with Crippen LogP contribution in [0.5, 0.6) is 0 Å². The number of carboxylic acids is 1. The molecule has 0 atom stereocenters. The predicted octanol–water partition coefficient (Wildman–Crippen LogP) is 0.566. The first-order valence-corrected chi connectivity index (χ1v) is 5.74. The van der Waals surface area contributed by atoms with Crippen LogP contribution in [0.2, 0.25) is 0 Å². The van der Waals surface area contributed by atoms with Gasteiger partial charge in [0.25, 0.3) is 0 Å². The van der Waals surface area contributed by atoms with Gasteiger partial charge in [0, 0.05) is 6.54 Å². The van der Waals surface area contributed by atoms with E-state index in [-0.39, 0.29) is 24.6 Å². The van der Waals surface area contributed by atoms with Gasteiger partial charge in [-0.1, -0.05) is 18.1 Å². The topological polar surface area (TPSA) is 69.6 Å². The van der Waals surface area contributed by atoms with Crippen LogP contribution in [-0.2, 0) is 11.3 Å². The third kappa shape index (κ3) is 5.23. The number of nitrogens with one attached hydrogen (secondary N) is 1. The third-order valence-electron chi connectivity index (χ3n) is 2.45. The number of rotatable bonds is 6. The third-order valence-corrected chi connectivity index (χ3v) is 2.45. The maximum absolute atomic E-state index is 11.4. The molecule has 5 heteroatoms. The first-order chi connectivity index (χ1) is 9.02. The molecule has 0 heterocycles. The van der Waals surface area contributed by atoms with Gasteiger partial charge in [0.15, 0.2) is 0 Å². The zero-order valence-corrected chi connectivity index (χ0v) is 10.7. The van der Waals surface area contributed by atoms with E-state index in [1.165, 1.54) is 0 Å². The van der Waals surface area contributed by atoms with Crippen LogP contribution in [-0.4, -0.2) is 42.0 Å². The van der Waals surface area contributed by atoms with E-state index in [2.05, 4.69) is 11.2 Å². The summed E-state index contributed by atoms with van der Waals surface area (Å²) < 4.78 is 0. The molecule has 0 aliphatic rings. The highest BCUT2D eigenvalue weighted by molar-refractivity contribution is 5.87. The van der Waals surface area contributed by atoms with Gasteiger partial charge < -0.3 is 10.4 Å². The van der Waals surface area contributed by atoms with Gasteiger partial charge in [0.2, 0.25) is 5.91 Å². The highest BCUT2D eigenvalue weighted by Gasteiger charge is 2.07. The molecule has 1 aromatic carbocycles. The quantitative estimate of drug-likeness (QED) is 0.734. The second kappa shape index (κ2) is 7.19. The number of nitrogens with zero attached hydrogens (tertiary/aromatic N) is 1. The Morgan fingerprint density at radius 3 is 2.53 bits per heavy atom. The predicted molar refractivity (Wildman–Crippen MR) is 71.6 cm³/mol. The highest BCUT2D eigenvalue weighted by Crippen LogP contribution is 2.06. The second-order valence-corrected chi connectivity index (χ2v) is 4.16. The maximum atomic E-state index is 11.4. The zero-order chi connectivity index (χ0) is 14.3. The number of amides is 1. The molecule has 0 radical (unpaired) electrons. The molecular weight excluding hydrogens is 244 g/mol. The van der Waals surface area contributed by atoms with Crippen molar-refractivity contribution < 1.29 is 14.7 Å². The lowest BCUT2D eigenvalue weighted by Gasteiger charge is -2.15. The van der Waals surface area contributed by atoms with Crippen molar-refractivity contribution in [3.8, 4) is 12.3 Å². The fraction of sp³-hybridized carbons (Fsp3) is 0.286. The lowest BCUT2D eigenvalue weighted by molar-refractivity contribution is -0.121. The molecule has 0 unspecified atom stereocenters. The van der Waals surface area contributed by atoms with E-state index >= 15 is 0 Å². The summed E-state index contributed by atoms with van der Waals surface area (Å²) in [5, 5.41) is 11.4. The molecule has 1 aromatic rings. The molecule has 0 aromatic heterocycles. The van der Waals surface area contributed by atoms with Crippen LogP contribution in [0.15, 0.2) is 24.3 Å². The standard InChI is InChI=1S/C14H16N2O3/c1-3-8-15-13(17)10-16(2)9-11-4-6-12(7-5-11)14(18)19/h1,4-7H,8-10H2,2H3,(H,15,17)(H,18,19). The molecule has 0 saturated carbocycles. The fourth-order valence-electron chi connectivity index (χ4n) is 1.57. The molecule has 0 fully saturated rings. The fourth-order valence-corrected chi connectivity index (χ4v) is 1.57. The Morgan fingerprint density at radius 1 is 1.37 bits per heavy atom. The average molecular weight is 260 g/mol. The lowest BCUT2D eigenvalue weighted by atomic mass is 10.1.